The highest BCUT2D eigenvalue weighted by molar-refractivity contribution is 7.92. The average Bonchev–Trinajstić information content (AvgIpc) is 2.55. The van der Waals surface area contributed by atoms with E-state index >= 15 is 0 Å². The number of benzene rings is 2. The van der Waals surface area contributed by atoms with Gasteiger partial charge in [0.15, 0.2) is 0 Å². The summed E-state index contributed by atoms with van der Waals surface area (Å²) < 4.78 is 27.0. The molecule has 0 aliphatic rings. The Balaban J connectivity index is 2.13. The summed E-state index contributed by atoms with van der Waals surface area (Å²) in [5.41, 5.74) is 1.51. The summed E-state index contributed by atoms with van der Waals surface area (Å²) in [6, 6.07) is 12.1. The summed E-state index contributed by atoms with van der Waals surface area (Å²) in [6.45, 7) is 1.86. The van der Waals surface area contributed by atoms with Crippen LogP contribution in [0, 0.1) is 6.92 Å². The van der Waals surface area contributed by atoms with E-state index in [1.807, 2.05) is 6.92 Å². The van der Waals surface area contributed by atoms with Gasteiger partial charge in [-0.1, -0.05) is 17.7 Å². The first-order valence-electron chi connectivity index (χ1n) is 7.10. The number of carbonyl (C=O) groups is 1. The maximum Gasteiger partial charge on any atom is 0.261 e. The largest absolute Gasteiger partial charge is 0.859 e. The van der Waals surface area contributed by atoms with Crippen molar-refractivity contribution in [3.8, 4) is 0 Å². The normalized spacial score (nSPS) is 12.3. The summed E-state index contributed by atoms with van der Waals surface area (Å²) in [5.74, 6) is -2.26. The summed E-state index contributed by atoms with van der Waals surface area (Å²) in [5, 5.41) is 21.6. The zero-order valence-corrected chi connectivity index (χ0v) is 14.0. The molecular weight excluding hydrogens is 344 g/mol. The Morgan fingerprint density at radius 1 is 1.00 bits per heavy atom. The SMILES string of the molecule is Cc1ccc(S(=O)(=O)Nc2ccc(N=C([O-])C=CC(=O)[O-])cc2)cc1. The third-order valence-electron chi connectivity index (χ3n) is 3.05. The van der Waals surface area contributed by atoms with Crippen molar-refractivity contribution < 1.29 is 23.4 Å². The van der Waals surface area contributed by atoms with Crippen molar-refractivity contribution in [3.05, 3.63) is 66.2 Å². The van der Waals surface area contributed by atoms with Gasteiger partial charge in [0.25, 0.3) is 10.0 Å². The highest BCUT2D eigenvalue weighted by atomic mass is 32.2. The van der Waals surface area contributed by atoms with E-state index in [0.717, 1.165) is 11.6 Å². The molecule has 0 saturated heterocycles. The van der Waals surface area contributed by atoms with Crippen LogP contribution in [0.2, 0.25) is 0 Å². The van der Waals surface area contributed by atoms with Crippen LogP contribution in [-0.4, -0.2) is 20.3 Å². The molecule has 0 spiro atoms. The van der Waals surface area contributed by atoms with E-state index in [1.165, 1.54) is 36.4 Å². The number of aliphatic imine (C=N–C) groups is 1. The highest BCUT2D eigenvalue weighted by Crippen LogP contribution is 2.20. The van der Waals surface area contributed by atoms with Crippen LogP contribution in [0.5, 0.6) is 0 Å². The number of aryl methyl sites for hydroxylation is 1. The number of nitrogens with zero attached hydrogens (tertiary/aromatic N) is 1. The molecule has 130 valence electrons. The molecule has 7 nitrogen and oxygen atoms in total. The van der Waals surface area contributed by atoms with E-state index < -0.39 is 21.9 Å². The van der Waals surface area contributed by atoms with Crippen molar-refractivity contribution in [1.29, 1.82) is 0 Å². The summed E-state index contributed by atoms with van der Waals surface area (Å²) in [6.07, 6.45) is 1.35. The van der Waals surface area contributed by atoms with Crippen molar-refractivity contribution in [2.45, 2.75) is 11.8 Å². The maximum absolute atomic E-state index is 12.3. The van der Waals surface area contributed by atoms with Gasteiger partial charge in [-0.05, 0) is 61.4 Å². The molecule has 0 amide bonds. The van der Waals surface area contributed by atoms with Gasteiger partial charge in [0.05, 0.1) is 16.6 Å². The highest BCUT2D eigenvalue weighted by Gasteiger charge is 2.13. The van der Waals surface area contributed by atoms with Gasteiger partial charge in [-0.3, -0.25) is 9.71 Å². The predicted molar refractivity (Wildman–Crippen MR) is 89.7 cm³/mol. The fourth-order valence-electron chi connectivity index (χ4n) is 1.84. The van der Waals surface area contributed by atoms with Gasteiger partial charge >= 0.3 is 0 Å². The molecule has 0 heterocycles. The fraction of sp³-hybridized carbons (Fsp3) is 0.0588. The van der Waals surface area contributed by atoms with Gasteiger partial charge in [-0.25, -0.2) is 8.42 Å². The summed E-state index contributed by atoms with van der Waals surface area (Å²) in [4.78, 5) is 14.0. The Kier molecular flexibility index (Phi) is 5.56. The van der Waals surface area contributed by atoms with Gasteiger partial charge in [-0.15, -0.1) is 0 Å². The minimum absolute atomic E-state index is 0.134. The molecule has 0 atom stereocenters. The van der Waals surface area contributed by atoms with E-state index in [4.69, 9.17) is 0 Å². The second kappa shape index (κ2) is 7.63. The minimum Gasteiger partial charge on any atom is -0.859 e. The fourth-order valence-corrected chi connectivity index (χ4v) is 2.90. The first-order chi connectivity index (χ1) is 11.8. The number of hydrogen-bond acceptors (Lipinski definition) is 6. The van der Waals surface area contributed by atoms with Gasteiger partial charge < -0.3 is 15.0 Å². The zero-order chi connectivity index (χ0) is 18.4. The lowest BCUT2D eigenvalue weighted by molar-refractivity contribution is -0.297. The molecule has 0 bridgehead atoms. The van der Waals surface area contributed by atoms with Gasteiger partial charge in [-0.2, -0.15) is 0 Å². The third kappa shape index (κ3) is 5.47. The minimum atomic E-state index is -3.72. The monoisotopic (exact) mass is 358 g/mol. The van der Waals surface area contributed by atoms with Crippen molar-refractivity contribution in [3.63, 3.8) is 0 Å². The smallest absolute Gasteiger partial charge is 0.261 e. The van der Waals surface area contributed by atoms with Gasteiger partial charge in [0, 0.05) is 5.69 Å². The van der Waals surface area contributed by atoms with Gasteiger partial charge in [0.2, 0.25) is 0 Å². The van der Waals surface area contributed by atoms with Crippen molar-refractivity contribution >= 4 is 33.3 Å². The third-order valence-corrected chi connectivity index (χ3v) is 4.45. The molecule has 0 unspecified atom stereocenters. The molecule has 2 aromatic carbocycles. The summed E-state index contributed by atoms with van der Waals surface area (Å²) >= 11 is 0. The molecule has 0 saturated carbocycles. The number of carboxylic acids is 1. The molecular formula is C17H14N2O5S-2. The molecule has 0 aromatic heterocycles. The van der Waals surface area contributed by atoms with E-state index in [1.54, 1.807) is 12.1 Å². The Bertz CT molecular complexity index is 915. The number of anilines is 1. The summed E-state index contributed by atoms with van der Waals surface area (Å²) in [7, 11) is -3.72. The lowest BCUT2D eigenvalue weighted by atomic mass is 10.2. The lowest BCUT2D eigenvalue weighted by Crippen LogP contribution is -2.21. The van der Waals surface area contributed by atoms with Crippen LogP contribution in [0.4, 0.5) is 11.4 Å². The van der Waals surface area contributed by atoms with Crippen LogP contribution in [0.3, 0.4) is 0 Å². The molecule has 0 aliphatic heterocycles. The van der Waals surface area contributed by atoms with Crippen molar-refractivity contribution in [2.24, 2.45) is 4.99 Å². The van der Waals surface area contributed by atoms with Crippen molar-refractivity contribution in [2.75, 3.05) is 4.72 Å². The lowest BCUT2D eigenvalue weighted by Gasteiger charge is -2.09. The average molecular weight is 358 g/mol. The second-order valence-corrected chi connectivity index (χ2v) is 6.75. The molecule has 25 heavy (non-hydrogen) atoms. The molecule has 0 aliphatic carbocycles. The number of nitrogens with one attached hydrogen (secondary N) is 1. The zero-order valence-electron chi connectivity index (χ0n) is 13.2. The molecule has 8 heteroatoms. The number of sulfonamides is 1. The van der Waals surface area contributed by atoms with E-state index in [9.17, 15) is 23.4 Å². The maximum atomic E-state index is 12.3. The van der Waals surface area contributed by atoms with Crippen LogP contribution in [-0.2, 0) is 14.8 Å². The number of carbonyl (C=O) groups excluding carboxylic acids is 1. The quantitative estimate of drug-likeness (QED) is 0.457. The van der Waals surface area contributed by atoms with E-state index in [-0.39, 0.29) is 10.6 Å². The number of hydrogen-bond donors (Lipinski definition) is 1. The van der Waals surface area contributed by atoms with Crippen LogP contribution >= 0.6 is 0 Å². The van der Waals surface area contributed by atoms with Crippen LogP contribution in [0.25, 0.3) is 0 Å². The Hall–Kier alpha value is -3.13. The predicted octanol–water partition coefficient (Wildman–Crippen LogP) is 0.492. The molecule has 2 aromatic rings. The Labute approximate surface area is 145 Å². The van der Waals surface area contributed by atoms with Crippen LogP contribution < -0.4 is 14.9 Å². The topological polar surface area (TPSA) is 122 Å². The number of aliphatic carboxylic acids is 1. The first-order valence-corrected chi connectivity index (χ1v) is 8.59. The van der Waals surface area contributed by atoms with Crippen LogP contribution in [0.15, 0.2) is 70.6 Å². The first kappa shape index (κ1) is 18.2. The molecule has 1 N–H and O–H groups in total. The van der Waals surface area contributed by atoms with E-state index in [2.05, 4.69) is 9.71 Å². The number of carboxylic acid groups (broad SMARTS) is 1. The van der Waals surface area contributed by atoms with Gasteiger partial charge in [0.1, 0.15) is 0 Å². The molecule has 0 radical (unpaired) electrons. The molecule has 0 fully saturated rings. The Morgan fingerprint density at radius 3 is 2.16 bits per heavy atom. The Morgan fingerprint density at radius 2 is 1.60 bits per heavy atom. The number of rotatable bonds is 6. The van der Waals surface area contributed by atoms with E-state index in [0.29, 0.717) is 11.8 Å². The van der Waals surface area contributed by atoms with Crippen molar-refractivity contribution in [1.82, 2.24) is 0 Å². The molecule has 2 rings (SSSR count). The van der Waals surface area contributed by atoms with Crippen LogP contribution in [0.1, 0.15) is 5.56 Å². The standard InChI is InChI=1S/C17H16N2O5S/c1-12-2-8-15(9-3-12)25(23,24)19-14-6-4-13(5-7-14)18-16(20)10-11-17(21)22/h2-11,19H,1H3,(H,18,20)(H,21,22)/p-2. The second-order valence-electron chi connectivity index (χ2n) is 5.07.